The van der Waals surface area contributed by atoms with Crippen molar-refractivity contribution in [1.29, 1.82) is 0 Å². The Balaban J connectivity index is 2.95. The number of hydrogen-bond acceptors (Lipinski definition) is 3. The van der Waals surface area contributed by atoms with E-state index in [9.17, 15) is 9.59 Å². The summed E-state index contributed by atoms with van der Waals surface area (Å²) >= 11 is 0. The number of pyridine rings is 1. The summed E-state index contributed by atoms with van der Waals surface area (Å²) in [5.41, 5.74) is 0.497. The highest BCUT2D eigenvalue weighted by Crippen LogP contribution is 2.07. The molecule has 72 valence electrons. The number of carboxylic acid groups (broad SMARTS) is 1. The maximum Gasteiger partial charge on any atom is 0.337 e. The normalized spacial score (nSPS) is 10.3. The summed E-state index contributed by atoms with van der Waals surface area (Å²) in [5.74, 6) is -1.02. The third kappa shape index (κ3) is 2.52. The van der Waals surface area contributed by atoms with Gasteiger partial charge < -0.3 is 9.90 Å². The van der Waals surface area contributed by atoms with Gasteiger partial charge in [-0.15, -0.1) is 0 Å². The highest BCUT2D eigenvalue weighted by Gasteiger charge is 2.06. The lowest BCUT2D eigenvalue weighted by molar-refractivity contribution is -0.107. The van der Waals surface area contributed by atoms with E-state index in [4.69, 9.17) is 5.11 Å². The Labute approximate surface area is 80.9 Å². The van der Waals surface area contributed by atoms with Crippen LogP contribution in [0.15, 0.2) is 24.4 Å². The van der Waals surface area contributed by atoms with E-state index in [1.807, 2.05) is 0 Å². The van der Waals surface area contributed by atoms with Crippen molar-refractivity contribution in [1.82, 2.24) is 4.98 Å². The first kappa shape index (κ1) is 10.1. The number of carboxylic acids is 1. The van der Waals surface area contributed by atoms with Gasteiger partial charge in [0, 0.05) is 12.6 Å². The Morgan fingerprint density at radius 1 is 1.57 bits per heavy atom. The van der Waals surface area contributed by atoms with Crippen LogP contribution in [0.4, 0.5) is 0 Å². The molecule has 4 nitrogen and oxygen atoms in total. The lowest BCUT2D eigenvalue weighted by atomic mass is 10.2. The van der Waals surface area contributed by atoms with Crippen molar-refractivity contribution >= 4 is 18.3 Å². The SMILES string of the molecule is O=CCC=Cc1ncccc1C(=O)O. The van der Waals surface area contributed by atoms with Crippen LogP contribution in [-0.4, -0.2) is 22.3 Å². The third-order valence-corrected chi connectivity index (χ3v) is 1.58. The van der Waals surface area contributed by atoms with Gasteiger partial charge in [0.05, 0.1) is 11.3 Å². The van der Waals surface area contributed by atoms with Gasteiger partial charge in [-0.1, -0.05) is 6.08 Å². The minimum absolute atomic E-state index is 0.134. The van der Waals surface area contributed by atoms with Crippen LogP contribution >= 0.6 is 0 Å². The van der Waals surface area contributed by atoms with E-state index in [-0.39, 0.29) is 12.0 Å². The molecule has 14 heavy (non-hydrogen) atoms. The van der Waals surface area contributed by atoms with E-state index in [1.165, 1.54) is 18.3 Å². The molecule has 1 aromatic rings. The molecule has 0 aromatic carbocycles. The van der Waals surface area contributed by atoms with Crippen molar-refractivity contribution in [2.45, 2.75) is 6.42 Å². The first-order valence-electron chi connectivity index (χ1n) is 4.04. The van der Waals surface area contributed by atoms with E-state index in [0.717, 1.165) is 6.29 Å². The minimum atomic E-state index is -1.02. The first-order chi connectivity index (χ1) is 6.75. The maximum atomic E-state index is 10.7. The second-order valence-corrected chi connectivity index (χ2v) is 2.55. The topological polar surface area (TPSA) is 67.3 Å². The van der Waals surface area contributed by atoms with Crippen LogP contribution in [0.25, 0.3) is 6.08 Å². The number of aromatic carboxylic acids is 1. The predicted molar refractivity (Wildman–Crippen MR) is 50.9 cm³/mol. The number of hydrogen-bond donors (Lipinski definition) is 1. The third-order valence-electron chi connectivity index (χ3n) is 1.58. The number of aromatic nitrogens is 1. The molecule has 0 aliphatic heterocycles. The summed E-state index contributed by atoms with van der Waals surface area (Å²) in [6, 6.07) is 3.02. The summed E-state index contributed by atoms with van der Waals surface area (Å²) in [6.45, 7) is 0. The molecule has 0 bridgehead atoms. The second kappa shape index (κ2) is 4.91. The van der Waals surface area contributed by atoms with Crippen LogP contribution in [0, 0.1) is 0 Å². The standard InChI is InChI=1S/C10H9NO3/c12-7-2-1-5-9-8(10(13)14)4-3-6-11-9/h1,3-7H,2H2,(H,13,14). The number of allylic oxidation sites excluding steroid dienone is 1. The molecule has 0 saturated carbocycles. The van der Waals surface area contributed by atoms with Crippen LogP contribution in [0.2, 0.25) is 0 Å². The lowest BCUT2D eigenvalue weighted by Crippen LogP contribution is -2.00. The average Bonchev–Trinajstić information content (AvgIpc) is 2.19. The Hall–Kier alpha value is -1.97. The van der Waals surface area contributed by atoms with Crippen molar-refractivity contribution in [2.75, 3.05) is 0 Å². The quantitative estimate of drug-likeness (QED) is 0.730. The predicted octanol–water partition coefficient (Wildman–Crippen LogP) is 1.38. The Kier molecular flexibility index (Phi) is 3.55. The monoisotopic (exact) mass is 191 g/mol. The minimum Gasteiger partial charge on any atom is -0.478 e. The van der Waals surface area contributed by atoms with Gasteiger partial charge in [0.15, 0.2) is 0 Å². The summed E-state index contributed by atoms with van der Waals surface area (Å²) in [5, 5.41) is 8.78. The number of aldehydes is 1. The molecule has 0 atom stereocenters. The fourth-order valence-corrected chi connectivity index (χ4v) is 0.966. The number of nitrogens with zero attached hydrogens (tertiary/aromatic N) is 1. The molecule has 1 heterocycles. The molecular weight excluding hydrogens is 182 g/mol. The molecule has 1 aromatic heterocycles. The summed E-state index contributed by atoms with van der Waals surface area (Å²) in [7, 11) is 0. The van der Waals surface area contributed by atoms with Gasteiger partial charge in [-0.25, -0.2) is 4.79 Å². The fraction of sp³-hybridized carbons (Fsp3) is 0.100. The maximum absolute atomic E-state index is 10.7. The van der Waals surface area contributed by atoms with E-state index >= 15 is 0 Å². The Morgan fingerprint density at radius 2 is 2.36 bits per heavy atom. The second-order valence-electron chi connectivity index (χ2n) is 2.55. The van der Waals surface area contributed by atoms with Crippen molar-refractivity contribution in [3.05, 3.63) is 35.7 Å². The molecule has 0 fully saturated rings. The number of carbonyl (C=O) groups is 2. The van der Waals surface area contributed by atoms with E-state index in [1.54, 1.807) is 12.1 Å². The van der Waals surface area contributed by atoms with Crippen molar-refractivity contribution in [2.24, 2.45) is 0 Å². The van der Waals surface area contributed by atoms with Gasteiger partial charge in [-0.05, 0) is 18.2 Å². The van der Waals surface area contributed by atoms with Crippen LogP contribution in [0.5, 0.6) is 0 Å². The highest BCUT2D eigenvalue weighted by molar-refractivity contribution is 5.91. The smallest absolute Gasteiger partial charge is 0.337 e. The van der Waals surface area contributed by atoms with Gasteiger partial charge in [0.1, 0.15) is 6.29 Å². The highest BCUT2D eigenvalue weighted by atomic mass is 16.4. The zero-order valence-electron chi connectivity index (χ0n) is 7.38. The van der Waals surface area contributed by atoms with Crippen LogP contribution < -0.4 is 0 Å². The van der Waals surface area contributed by atoms with Crippen LogP contribution in [-0.2, 0) is 4.79 Å². The molecule has 0 saturated heterocycles. The molecule has 1 N–H and O–H groups in total. The van der Waals surface area contributed by atoms with Crippen molar-refractivity contribution in [3.63, 3.8) is 0 Å². The van der Waals surface area contributed by atoms with E-state index < -0.39 is 5.97 Å². The van der Waals surface area contributed by atoms with Gasteiger partial charge >= 0.3 is 5.97 Å². The van der Waals surface area contributed by atoms with Gasteiger partial charge in [-0.2, -0.15) is 0 Å². The lowest BCUT2D eigenvalue weighted by Gasteiger charge is -1.97. The molecule has 0 spiro atoms. The van der Waals surface area contributed by atoms with Gasteiger partial charge in [0.25, 0.3) is 0 Å². The van der Waals surface area contributed by atoms with Crippen LogP contribution in [0.1, 0.15) is 22.5 Å². The van der Waals surface area contributed by atoms with E-state index in [0.29, 0.717) is 5.69 Å². The van der Waals surface area contributed by atoms with Gasteiger partial charge in [-0.3, -0.25) is 4.98 Å². The van der Waals surface area contributed by atoms with Crippen LogP contribution in [0.3, 0.4) is 0 Å². The molecule has 0 unspecified atom stereocenters. The average molecular weight is 191 g/mol. The largest absolute Gasteiger partial charge is 0.478 e. The van der Waals surface area contributed by atoms with Crippen molar-refractivity contribution in [3.8, 4) is 0 Å². The first-order valence-corrected chi connectivity index (χ1v) is 4.04. The summed E-state index contributed by atoms with van der Waals surface area (Å²) < 4.78 is 0. The number of rotatable bonds is 4. The van der Waals surface area contributed by atoms with Crippen molar-refractivity contribution < 1.29 is 14.7 Å². The summed E-state index contributed by atoms with van der Waals surface area (Å²) in [6.07, 6.45) is 5.60. The molecule has 0 amide bonds. The molecule has 4 heteroatoms. The Morgan fingerprint density at radius 3 is 3.00 bits per heavy atom. The fourth-order valence-electron chi connectivity index (χ4n) is 0.966. The zero-order valence-corrected chi connectivity index (χ0v) is 7.38. The Bertz CT molecular complexity index is 371. The van der Waals surface area contributed by atoms with E-state index in [2.05, 4.69) is 4.98 Å². The molecule has 1 rings (SSSR count). The molecule has 0 aliphatic rings. The molecule has 0 radical (unpaired) electrons. The van der Waals surface area contributed by atoms with Gasteiger partial charge in [0.2, 0.25) is 0 Å². The molecule has 0 aliphatic carbocycles. The number of carbonyl (C=O) groups excluding carboxylic acids is 1. The summed E-state index contributed by atoms with van der Waals surface area (Å²) in [4.78, 5) is 24.6. The molecular formula is C10H9NO3. The zero-order chi connectivity index (χ0) is 10.4.